The number of carbonyl (C=O) groups excluding carboxylic acids is 1. The Morgan fingerprint density at radius 2 is 2.03 bits per heavy atom. The van der Waals surface area contributed by atoms with Gasteiger partial charge in [-0.2, -0.15) is 0 Å². The largest absolute Gasteiger partial charge is 0.453 e. The number of amides is 1. The molecule has 9 heteroatoms. The normalized spacial score (nSPS) is 11.2. The second kappa shape index (κ2) is 8.10. The van der Waals surface area contributed by atoms with Crippen LogP contribution in [0.25, 0.3) is 22.6 Å². The molecule has 0 spiro atoms. The van der Waals surface area contributed by atoms with Crippen LogP contribution in [0, 0.1) is 6.92 Å². The van der Waals surface area contributed by atoms with Crippen molar-refractivity contribution in [1.82, 2.24) is 14.8 Å². The van der Waals surface area contributed by atoms with E-state index in [9.17, 15) is 4.79 Å². The molecule has 0 aliphatic rings. The predicted molar refractivity (Wildman–Crippen MR) is 117 cm³/mol. The lowest BCUT2D eigenvalue weighted by Gasteiger charge is -2.09. The van der Waals surface area contributed by atoms with Gasteiger partial charge in [0.15, 0.2) is 16.7 Å². The molecule has 1 N–H and O–H groups in total. The van der Waals surface area contributed by atoms with E-state index in [4.69, 9.17) is 27.6 Å². The van der Waals surface area contributed by atoms with Crippen molar-refractivity contribution in [2.24, 2.45) is 7.05 Å². The predicted octanol–water partition coefficient (Wildman–Crippen LogP) is 5.57. The van der Waals surface area contributed by atoms with Crippen LogP contribution in [0.2, 0.25) is 10.0 Å². The van der Waals surface area contributed by atoms with Crippen LogP contribution in [0.4, 0.5) is 5.69 Å². The third-order valence-electron chi connectivity index (χ3n) is 4.41. The third kappa shape index (κ3) is 4.12. The van der Waals surface area contributed by atoms with Gasteiger partial charge in [0.25, 0.3) is 0 Å². The Balaban J connectivity index is 1.47. The van der Waals surface area contributed by atoms with E-state index in [1.54, 1.807) is 22.8 Å². The molecular weight excluding hydrogens is 431 g/mol. The minimum Gasteiger partial charge on any atom is -0.453 e. The maximum atomic E-state index is 12.3. The highest BCUT2D eigenvalue weighted by Gasteiger charge is 2.17. The van der Waals surface area contributed by atoms with Crippen LogP contribution in [-0.2, 0) is 11.8 Å². The number of nitrogens with one attached hydrogen (secondary N) is 1. The van der Waals surface area contributed by atoms with Gasteiger partial charge in [-0.25, -0.2) is 0 Å². The second-order valence-electron chi connectivity index (χ2n) is 6.41. The van der Waals surface area contributed by atoms with E-state index in [0.29, 0.717) is 32.5 Å². The number of thioether (sulfide) groups is 1. The van der Waals surface area contributed by atoms with E-state index in [2.05, 4.69) is 15.5 Å². The number of carbonyl (C=O) groups is 1. The van der Waals surface area contributed by atoms with Crippen molar-refractivity contribution in [3.8, 4) is 11.6 Å². The summed E-state index contributed by atoms with van der Waals surface area (Å²) in [6, 6.07) is 12.7. The van der Waals surface area contributed by atoms with Crippen molar-refractivity contribution in [1.29, 1.82) is 0 Å². The fraction of sp³-hybridized carbons (Fsp3) is 0.150. The van der Waals surface area contributed by atoms with Gasteiger partial charge in [-0.15, -0.1) is 10.2 Å². The van der Waals surface area contributed by atoms with Crippen LogP contribution >= 0.6 is 35.0 Å². The van der Waals surface area contributed by atoms with Gasteiger partial charge >= 0.3 is 0 Å². The van der Waals surface area contributed by atoms with Crippen molar-refractivity contribution in [2.75, 3.05) is 11.1 Å². The maximum absolute atomic E-state index is 12.3. The van der Waals surface area contributed by atoms with E-state index in [1.165, 1.54) is 11.8 Å². The minimum absolute atomic E-state index is 0.150. The van der Waals surface area contributed by atoms with Crippen LogP contribution in [-0.4, -0.2) is 26.4 Å². The first kappa shape index (κ1) is 19.8. The highest BCUT2D eigenvalue weighted by molar-refractivity contribution is 7.99. The summed E-state index contributed by atoms with van der Waals surface area (Å²) < 4.78 is 7.64. The number of benzene rings is 2. The number of hydrogen-bond donors (Lipinski definition) is 1. The molecule has 2 heterocycles. The number of nitrogens with zero attached hydrogens (tertiary/aromatic N) is 3. The number of furan rings is 1. The number of aromatic nitrogens is 3. The smallest absolute Gasteiger partial charge is 0.234 e. The highest BCUT2D eigenvalue weighted by atomic mass is 35.5. The molecule has 0 bridgehead atoms. The topological polar surface area (TPSA) is 73.0 Å². The summed E-state index contributed by atoms with van der Waals surface area (Å²) in [7, 11) is 1.83. The fourth-order valence-corrected chi connectivity index (χ4v) is 3.90. The van der Waals surface area contributed by atoms with E-state index in [1.807, 2.05) is 38.2 Å². The Hall–Kier alpha value is -2.48. The standard InChI is InChI=1S/C20H16Cl2N4O2S/c1-11-14(22)4-3-5-15(11)23-18(27)10-29-20-25-24-19(26(20)2)17-9-12-8-13(21)6-7-16(12)28-17/h3-9H,10H2,1-2H3,(H,23,27). The summed E-state index contributed by atoms with van der Waals surface area (Å²) in [5.41, 5.74) is 2.25. The molecule has 0 saturated heterocycles. The second-order valence-corrected chi connectivity index (χ2v) is 8.19. The SMILES string of the molecule is Cc1c(Cl)cccc1NC(=O)CSc1nnc(-c2cc3cc(Cl)ccc3o2)n1C. The van der Waals surface area contributed by atoms with Gasteiger partial charge in [0.05, 0.1) is 5.75 Å². The monoisotopic (exact) mass is 446 g/mol. The third-order valence-corrected chi connectivity index (χ3v) is 6.07. The molecule has 0 saturated carbocycles. The van der Waals surface area contributed by atoms with E-state index in [0.717, 1.165) is 16.5 Å². The summed E-state index contributed by atoms with van der Waals surface area (Å²) in [5.74, 6) is 1.20. The lowest BCUT2D eigenvalue weighted by atomic mass is 10.2. The van der Waals surface area contributed by atoms with Crippen molar-refractivity contribution >= 4 is 57.5 Å². The van der Waals surface area contributed by atoms with E-state index >= 15 is 0 Å². The zero-order valence-electron chi connectivity index (χ0n) is 15.6. The van der Waals surface area contributed by atoms with Gasteiger partial charge in [-0.1, -0.05) is 41.0 Å². The van der Waals surface area contributed by atoms with E-state index < -0.39 is 0 Å². The molecular formula is C20H16Cl2N4O2S. The molecule has 0 fully saturated rings. The fourth-order valence-electron chi connectivity index (χ4n) is 2.84. The number of fused-ring (bicyclic) bond motifs is 1. The van der Waals surface area contributed by atoms with E-state index in [-0.39, 0.29) is 11.7 Å². The molecule has 2 aromatic carbocycles. The number of hydrogen-bond acceptors (Lipinski definition) is 5. The Labute approximate surface area is 181 Å². The number of halogens is 2. The first-order valence-corrected chi connectivity index (χ1v) is 10.4. The Morgan fingerprint density at radius 1 is 1.21 bits per heavy atom. The van der Waals surface area contributed by atoms with Crippen LogP contribution in [0.15, 0.2) is 52.0 Å². The van der Waals surface area contributed by atoms with Gasteiger partial charge in [0.2, 0.25) is 5.91 Å². The zero-order chi connectivity index (χ0) is 20.5. The maximum Gasteiger partial charge on any atom is 0.234 e. The average molecular weight is 447 g/mol. The van der Waals surface area contributed by atoms with Gasteiger partial charge in [0.1, 0.15) is 5.58 Å². The summed E-state index contributed by atoms with van der Waals surface area (Å²) in [6.45, 7) is 1.86. The molecule has 0 atom stereocenters. The number of anilines is 1. The number of rotatable bonds is 5. The van der Waals surface area contributed by atoms with Crippen LogP contribution in [0.5, 0.6) is 0 Å². The van der Waals surface area contributed by atoms with Gasteiger partial charge in [0, 0.05) is 28.2 Å². The lowest BCUT2D eigenvalue weighted by Crippen LogP contribution is -2.15. The summed E-state index contributed by atoms with van der Waals surface area (Å²) >= 11 is 13.4. The first-order valence-electron chi connectivity index (χ1n) is 8.69. The molecule has 148 valence electrons. The molecule has 1 amide bonds. The molecule has 0 aliphatic carbocycles. The summed E-state index contributed by atoms with van der Waals surface area (Å²) in [6.07, 6.45) is 0. The van der Waals surface area contributed by atoms with Crippen molar-refractivity contribution in [3.63, 3.8) is 0 Å². The molecule has 6 nitrogen and oxygen atoms in total. The molecule has 0 aliphatic heterocycles. The molecule has 0 unspecified atom stereocenters. The molecule has 4 aromatic rings. The zero-order valence-corrected chi connectivity index (χ0v) is 17.9. The minimum atomic E-state index is -0.150. The van der Waals surface area contributed by atoms with Crippen LogP contribution in [0.1, 0.15) is 5.56 Å². The molecule has 4 rings (SSSR count). The highest BCUT2D eigenvalue weighted by Crippen LogP contribution is 2.30. The Morgan fingerprint density at radius 3 is 2.86 bits per heavy atom. The van der Waals surface area contributed by atoms with Crippen LogP contribution in [0.3, 0.4) is 0 Å². The molecule has 29 heavy (non-hydrogen) atoms. The van der Waals surface area contributed by atoms with Gasteiger partial charge in [-0.05, 0) is 48.9 Å². The lowest BCUT2D eigenvalue weighted by molar-refractivity contribution is -0.113. The average Bonchev–Trinajstić information content (AvgIpc) is 3.26. The van der Waals surface area contributed by atoms with Crippen LogP contribution < -0.4 is 5.32 Å². The Bertz CT molecular complexity index is 1220. The van der Waals surface area contributed by atoms with Gasteiger partial charge < -0.3 is 14.3 Å². The first-order chi connectivity index (χ1) is 13.9. The Kier molecular flexibility index (Phi) is 5.54. The molecule has 2 aromatic heterocycles. The van der Waals surface area contributed by atoms with Crippen molar-refractivity contribution in [2.45, 2.75) is 12.1 Å². The van der Waals surface area contributed by atoms with Crippen molar-refractivity contribution < 1.29 is 9.21 Å². The summed E-state index contributed by atoms with van der Waals surface area (Å²) in [5, 5.41) is 14.0. The van der Waals surface area contributed by atoms with Crippen molar-refractivity contribution in [3.05, 3.63) is 58.1 Å². The molecule has 0 radical (unpaired) electrons. The summed E-state index contributed by atoms with van der Waals surface area (Å²) in [4.78, 5) is 12.3. The van der Waals surface area contributed by atoms with Gasteiger partial charge in [-0.3, -0.25) is 4.79 Å². The quantitative estimate of drug-likeness (QED) is 0.405.